The van der Waals surface area contributed by atoms with E-state index in [0.29, 0.717) is 6.42 Å². The summed E-state index contributed by atoms with van der Waals surface area (Å²) in [7, 11) is 0. The third-order valence-corrected chi connectivity index (χ3v) is 3.72. The molecule has 1 fully saturated rings. The van der Waals surface area contributed by atoms with Crippen molar-refractivity contribution in [3.05, 3.63) is 35.4 Å². The van der Waals surface area contributed by atoms with Crippen LogP contribution < -0.4 is 0 Å². The summed E-state index contributed by atoms with van der Waals surface area (Å²) in [4.78, 5) is 11.3. The minimum Gasteiger partial charge on any atom is -0.300 e. The molecule has 0 bridgehead atoms. The van der Waals surface area contributed by atoms with Crippen LogP contribution in [0.1, 0.15) is 43.7 Å². The highest BCUT2D eigenvalue weighted by atomic mass is 19.4. The highest BCUT2D eigenvalue weighted by Gasteiger charge is 2.40. The van der Waals surface area contributed by atoms with Gasteiger partial charge in [0, 0.05) is 11.8 Å². The van der Waals surface area contributed by atoms with Gasteiger partial charge in [-0.15, -0.1) is 0 Å². The van der Waals surface area contributed by atoms with Gasteiger partial charge in [0.05, 0.1) is 5.56 Å². The number of carbonyl (C=O) groups excluding carboxylic acids is 1. The molecule has 18 heavy (non-hydrogen) atoms. The number of carbonyl (C=O) groups is 1. The topological polar surface area (TPSA) is 17.1 Å². The van der Waals surface area contributed by atoms with E-state index in [0.717, 1.165) is 37.0 Å². The molecule has 0 amide bonds. The lowest BCUT2D eigenvalue weighted by atomic mass is 9.62. The molecular weight excluding hydrogens is 241 g/mol. The summed E-state index contributed by atoms with van der Waals surface area (Å²) in [6, 6.07) is 5.25. The van der Waals surface area contributed by atoms with Crippen molar-refractivity contribution >= 4 is 5.78 Å². The lowest BCUT2D eigenvalue weighted by Gasteiger charge is -2.42. The third-order valence-electron chi connectivity index (χ3n) is 3.72. The summed E-state index contributed by atoms with van der Waals surface area (Å²) in [5, 5.41) is 0. The van der Waals surface area contributed by atoms with Crippen LogP contribution in [0.25, 0.3) is 0 Å². The van der Waals surface area contributed by atoms with Gasteiger partial charge in [-0.25, -0.2) is 0 Å². The molecule has 1 nitrogen and oxygen atoms in total. The van der Waals surface area contributed by atoms with Crippen molar-refractivity contribution in [2.45, 2.75) is 44.2 Å². The van der Waals surface area contributed by atoms with Crippen LogP contribution in [0.5, 0.6) is 0 Å². The van der Waals surface area contributed by atoms with E-state index in [4.69, 9.17) is 0 Å². The Balaban J connectivity index is 2.25. The predicted molar refractivity (Wildman–Crippen MR) is 62.3 cm³/mol. The van der Waals surface area contributed by atoms with Crippen molar-refractivity contribution in [1.82, 2.24) is 0 Å². The first kappa shape index (κ1) is 13.1. The summed E-state index contributed by atoms with van der Waals surface area (Å²) in [5.74, 6) is 0.0922. The third kappa shape index (κ3) is 2.42. The van der Waals surface area contributed by atoms with Gasteiger partial charge in [0.2, 0.25) is 0 Å². The Bertz CT molecular complexity index is 441. The van der Waals surface area contributed by atoms with Gasteiger partial charge in [0.15, 0.2) is 0 Å². The maximum atomic E-state index is 12.5. The van der Waals surface area contributed by atoms with Crippen LogP contribution in [0.15, 0.2) is 24.3 Å². The molecule has 4 heteroatoms. The Morgan fingerprint density at radius 2 is 1.78 bits per heavy atom. The molecule has 0 aromatic heterocycles. The number of alkyl halides is 3. The average Bonchev–Trinajstić information content (AvgIpc) is 2.22. The normalized spacial score (nSPS) is 18.2. The number of rotatable bonds is 3. The Labute approximate surface area is 104 Å². The molecule has 1 aliphatic rings. The summed E-state index contributed by atoms with van der Waals surface area (Å²) < 4.78 is 37.4. The maximum absolute atomic E-state index is 12.5. The van der Waals surface area contributed by atoms with E-state index >= 15 is 0 Å². The van der Waals surface area contributed by atoms with Crippen molar-refractivity contribution in [3.63, 3.8) is 0 Å². The average molecular weight is 256 g/mol. The van der Waals surface area contributed by atoms with E-state index in [2.05, 4.69) is 0 Å². The molecule has 0 radical (unpaired) electrons. The molecule has 0 unspecified atom stereocenters. The Morgan fingerprint density at radius 1 is 1.22 bits per heavy atom. The van der Waals surface area contributed by atoms with Gasteiger partial charge in [-0.2, -0.15) is 13.2 Å². The number of halogens is 3. The van der Waals surface area contributed by atoms with Crippen LogP contribution >= 0.6 is 0 Å². The highest BCUT2D eigenvalue weighted by Crippen LogP contribution is 2.47. The van der Waals surface area contributed by atoms with Gasteiger partial charge in [0.25, 0.3) is 0 Å². The first-order chi connectivity index (χ1) is 8.33. The minimum absolute atomic E-state index is 0.0922. The SMILES string of the molecule is CC(=O)CC1(c2ccc(C(F)(F)F)cc2)CCC1. The second-order valence-electron chi connectivity index (χ2n) is 5.09. The molecule has 1 aromatic rings. The van der Waals surface area contributed by atoms with Gasteiger partial charge in [-0.1, -0.05) is 18.6 Å². The van der Waals surface area contributed by atoms with Crippen molar-refractivity contribution in [3.8, 4) is 0 Å². The molecule has 1 saturated carbocycles. The molecule has 0 aliphatic heterocycles. The van der Waals surface area contributed by atoms with Crippen LogP contribution in [0.3, 0.4) is 0 Å². The fourth-order valence-electron chi connectivity index (χ4n) is 2.66. The van der Waals surface area contributed by atoms with E-state index in [9.17, 15) is 18.0 Å². The van der Waals surface area contributed by atoms with E-state index < -0.39 is 11.7 Å². The largest absolute Gasteiger partial charge is 0.416 e. The lowest BCUT2D eigenvalue weighted by molar-refractivity contribution is -0.137. The second kappa shape index (κ2) is 4.41. The van der Waals surface area contributed by atoms with Crippen LogP contribution in [0, 0.1) is 0 Å². The second-order valence-corrected chi connectivity index (χ2v) is 5.09. The molecule has 1 aliphatic carbocycles. The van der Waals surface area contributed by atoms with E-state index in [1.165, 1.54) is 19.1 Å². The van der Waals surface area contributed by atoms with Gasteiger partial charge >= 0.3 is 6.18 Å². The molecule has 0 saturated heterocycles. The highest BCUT2D eigenvalue weighted by molar-refractivity contribution is 5.77. The fourth-order valence-corrected chi connectivity index (χ4v) is 2.66. The number of Topliss-reactive ketones (excluding diaryl/α,β-unsaturated/α-hetero) is 1. The van der Waals surface area contributed by atoms with Crippen LogP contribution in [-0.2, 0) is 16.4 Å². The number of ketones is 1. The predicted octanol–water partition coefficient (Wildman–Crippen LogP) is 4.11. The summed E-state index contributed by atoms with van der Waals surface area (Å²) >= 11 is 0. The van der Waals surface area contributed by atoms with Crippen LogP contribution in [-0.4, -0.2) is 5.78 Å². The molecule has 0 spiro atoms. The van der Waals surface area contributed by atoms with Crippen molar-refractivity contribution < 1.29 is 18.0 Å². The Kier molecular flexibility index (Phi) is 3.21. The van der Waals surface area contributed by atoms with Gasteiger partial charge in [-0.3, -0.25) is 4.79 Å². The summed E-state index contributed by atoms with van der Waals surface area (Å²) in [6.45, 7) is 1.53. The zero-order chi connectivity index (χ0) is 13.4. The molecule has 0 heterocycles. The maximum Gasteiger partial charge on any atom is 0.416 e. The zero-order valence-electron chi connectivity index (χ0n) is 10.2. The van der Waals surface area contributed by atoms with Crippen molar-refractivity contribution in [1.29, 1.82) is 0 Å². The number of hydrogen-bond acceptors (Lipinski definition) is 1. The van der Waals surface area contributed by atoms with Crippen molar-refractivity contribution in [2.75, 3.05) is 0 Å². The Morgan fingerprint density at radius 3 is 2.11 bits per heavy atom. The smallest absolute Gasteiger partial charge is 0.300 e. The van der Waals surface area contributed by atoms with E-state index in [1.54, 1.807) is 0 Å². The van der Waals surface area contributed by atoms with Gasteiger partial charge in [0.1, 0.15) is 5.78 Å². The van der Waals surface area contributed by atoms with Crippen molar-refractivity contribution in [2.24, 2.45) is 0 Å². The van der Waals surface area contributed by atoms with E-state index in [1.807, 2.05) is 0 Å². The first-order valence-corrected chi connectivity index (χ1v) is 6.01. The van der Waals surface area contributed by atoms with Gasteiger partial charge in [-0.05, 0) is 37.5 Å². The summed E-state index contributed by atoms with van der Waals surface area (Å²) in [5.41, 5.74) is 0.0103. The van der Waals surface area contributed by atoms with E-state index in [-0.39, 0.29) is 11.2 Å². The minimum atomic E-state index is -4.30. The Hall–Kier alpha value is -1.32. The first-order valence-electron chi connectivity index (χ1n) is 6.01. The summed E-state index contributed by atoms with van der Waals surface area (Å²) in [6.07, 6.45) is -1.06. The molecule has 1 aromatic carbocycles. The number of benzene rings is 1. The number of hydrogen-bond donors (Lipinski definition) is 0. The lowest BCUT2D eigenvalue weighted by Crippen LogP contribution is -2.36. The van der Waals surface area contributed by atoms with Crippen LogP contribution in [0.2, 0.25) is 0 Å². The molecule has 0 atom stereocenters. The van der Waals surface area contributed by atoms with Crippen LogP contribution in [0.4, 0.5) is 13.2 Å². The van der Waals surface area contributed by atoms with Gasteiger partial charge < -0.3 is 0 Å². The zero-order valence-corrected chi connectivity index (χ0v) is 10.2. The molecule has 0 N–H and O–H groups in total. The fraction of sp³-hybridized carbons (Fsp3) is 0.500. The molecular formula is C14H15F3O. The quantitative estimate of drug-likeness (QED) is 0.795. The molecule has 98 valence electrons. The molecule has 2 rings (SSSR count). The standard InChI is InChI=1S/C14H15F3O/c1-10(18)9-13(7-2-8-13)11-3-5-12(6-4-11)14(15,16)17/h3-6H,2,7-9H2,1H3. The monoisotopic (exact) mass is 256 g/mol.